The number of amides is 1. The normalized spacial score (nSPS) is 11.0. The molecule has 0 unspecified atom stereocenters. The molecule has 1 aromatic heterocycles. The van der Waals surface area contributed by atoms with Crippen molar-refractivity contribution in [2.24, 2.45) is 0 Å². The molecule has 3 rings (SSSR count). The maximum atomic E-state index is 12.6. The summed E-state index contributed by atoms with van der Waals surface area (Å²) in [5.74, 6) is 0.501. The smallest absolute Gasteiger partial charge is 0.291 e. The lowest BCUT2D eigenvalue weighted by Crippen LogP contribution is -2.12. The molecule has 34 heavy (non-hydrogen) atoms. The molecule has 1 heterocycles. The van der Waals surface area contributed by atoms with E-state index >= 15 is 0 Å². The molecule has 0 saturated carbocycles. The molecule has 3 aromatic rings. The molecule has 0 aliphatic rings. The minimum Gasteiger partial charge on any atom is -0.487 e. The van der Waals surface area contributed by atoms with Crippen molar-refractivity contribution in [1.29, 1.82) is 0 Å². The Morgan fingerprint density at radius 2 is 1.88 bits per heavy atom. The SMILES string of the molecule is Cc1ccc(C(C)C)c(OCc2ccc(C(=O)Nc3cc(OCC(F)F)cc([N+](=O)[O-])c3)o2)c1. The van der Waals surface area contributed by atoms with Crippen LogP contribution in [-0.4, -0.2) is 23.9 Å². The van der Waals surface area contributed by atoms with Crippen molar-refractivity contribution >= 4 is 17.3 Å². The lowest BCUT2D eigenvalue weighted by molar-refractivity contribution is -0.384. The van der Waals surface area contributed by atoms with Crippen LogP contribution in [0.2, 0.25) is 0 Å². The lowest BCUT2D eigenvalue weighted by Gasteiger charge is -2.14. The number of ether oxygens (including phenoxy) is 2. The van der Waals surface area contributed by atoms with Gasteiger partial charge in [-0.15, -0.1) is 0 Å². The van der Waals surface area contributed by atoms with E-state index in [0.717, 1.165) is 29.0 Å². The number of furan rings is 1. The van der Waals surface area contributed by atoms with E-state index in [0.29, 0.717) is 5.76 Å². The molecule has 1 N–H and O–H groups in total. The topological polar surface area (TPSA) is 104 Å². The minimum absolute atomic E-state index is 0.000924. The van der Waals surface area contributed by atoms with Crippen molar-refractivity contribution < 1.29 is 32.4 Å². The minimum atomic E-state index is -2.75. The highest BCUT2D eigenvalue weighted by Gasteiger charge is 2.17. The third-order valence-electron chi connectivity index (χ3n) is 4.78. The molecule has 0 atom stereocenters. The average Bonchev–Trinajstić information content (AvgIpc) is 3.25. The van der Waals surface area contributed by atoms with E-state index < -0.39 is 29.6 Å². The van der Waals surface area contributed by atoms with Gasteiger partial charge in [0, 0.05) is 12.1 Å². The molecule has 0 aliphatic carbocycles. The number of nitro groups is 1. The predicted molar refractivity (Wildman–Crippen MR) is 121 cm³/mol. The zero-order valence-electron chi connectivity index (χ0n) is 18.8. The maximum absolute atomic E-state index is 12.6. The number of carbonyl (C=O) groups is 1. The van der Waals surface area contributed by atoms with E-state index in [1.54, 1.807) is 6.07 Å². The van der Waals surface area contributed by atoms with Gasteiger partial charge in [0.15, 0.2) is 5.76 Å². The first-order valence-electron chi connectivity index (χ1n) is 10.5. The van der Waals surface area contributed by atoms with Gasteiger partial charge in [0.1, 0.15) is 30.5 Å². The van der Waals surface area contributed by atoms with Crippen LogP contribution in [0.3, 0.4) is 0 Å². The number of anilines is 1. The number of aryl methyl sites for hydroxylation is 1. The van der Waals surface area contributed by atoms with Crippen LogP contribution in [0.4, 0.5) is 20.2 Å². The van der Waals surface area contributed by atoms with Gasteiger partial charge in [-0.2, -0.15) is 0 Å². The van der Waals surface area contributed by atoms with Crippen LogP contribution in [0.15, 0.2) is 52.9 Å². The largest absolute Gasteiger partial charge is 0.487 e. The number of hydrogen-bond donors (Lipinski definition) is 1. The Hall–Kier alpha value is -3.95. The van der Waals surface area contributed by atoms with Crippen LogP contribution in [0.1, 0.15) is 47.2 Å². The van der Waals surface area contributed by atoms with E-state index in [4.69, 9.17) is 13.9 Å². The van der Waals surface area contributed by atoms with E-state index in [1.807, 2.05) is 25.1 Å². The molecule has 0 aliphatic heterocycles. The van der Waals surface area contributed by atoms with E-state index in [9.17, 15) is 23.7 Å². The molecule has 0 bridgehead atoms. The Morgan fingerprint density at radius 1 is 1.12 bits per heavy atom. The fraction of sp³-hybridized carbons (Fsp3) is 0.292. The van der Waals surface area contributed by atoms with Gasteiger partial charge in [-0.1, -0.05) is 26.0 Å². The molecule has 180 valence electrons. The lowest BCUT2D eigenvalue weighted by atomic mass is 10.0. The summed E-state index contributed by atoms with van der Waals surface area (Å²) in [4.78, 5) is 23.0. The van der Waals surface area contributed by atoms with Gasteiger partial charge >= 0.3 is 0 Å². The van der Waals surface area contributed by atoms with Crippen LogP contribution in [0.25, 0.3) is 0 Å². The van der Waals surface area contributed by atoms with Crippen molar-refractivity contribution in [2.45, 2.75) is 39.7 Å². The summed E-state index contributed by atoms with van der Waals surface area (Å²) in [6.45, 7) is 5.24. The number of nitro benzene ring substituents is 1. The first-order valence-corrected chi connectivity index (χ1v) is 10.5. The molecular formula is C24H24F2N2O6. The van der Waals surface area contributed by atoms with Crippen molar-refractivity contribution in [2.75, 3.05) is 11.9 Å². The van der Waals surface area contributed by atoms with E-state index in [2.05, 4.69) is 19.2 Å². The Balaban J connectivity index is 1.70. The van der Waals surface area contributed by atoms with Crippen LogP contribution in [0, 0.1) is 17.0 Å². The van der Waals surface area contributed by atoms with Crippen LogP contribution < -0.4 is 14.8 Å². The molecule has 0 spiro atoms. The predicted octanol–water partition coefficient (Wildman–Crippen LogP) is 6.09. The Morgan fingerprint density at radius 3 is 2.56 bits per heavy atom. The highest BCUT2D eigenvalue weighted by atomic mass is 19.3. The van der Waals surface area contributed by atoms with Gasteiger partial charge in [0.2, 0.25) is 0 Å². The van der Waals surface area contributed by atoms with Gasteiger partial charge in [0.25, 0.3) is 18.0 Å². The van der Waals surface area contributed by atoms with Gasteiger partial charge in [-0.3, -0.25) is 14.9 Å². The Labute approximate surface area is 194 Å². The number of rotatable bonds is 10. The zero-order chi connectivity index (χ0) is 24.8. The molecule has 0 radical (unpaired) electrons. The summed E-state index contributed by atoms with van der Waals surface area (Å²) in [6, 6.07) is 12.3. The molecule has 0 fully saturated rings. The second-order valence-corrected chi connectivity index (χ2v) is 7.88. The third kappa shape index (κ3) is 6.53. The highest BCUT2D eigenvalue weighted by Crippen LogP contribution is 2.29. The standard InChI is InChI=1S/C24H24F2N2O6/c1-14(2)20-6-4-15(3)8-22(20)33-12-18-5-7-21(34-18)24(29)27-16-9-17(28(30)31)11-19(10-16)32-13-23(25)26/h4-11,14,23H,12-13H2,1-3H3,(H,27,29). The van der Waals surface area contributed by atoms with Crippen molar-refractivity contribution in [3.63, 3.8) is 0 Å². The number of non-ortho nitro benzene ring substituents is 1. The highest BCUT2D eigenvalue weighted by molar-refractivity contribution is 6.02. The number of hydrogen-bond acceptors (Lipinski definition) is 6. The number of carbonyl (C=O) groups excluding carboxylic acids is 1. The van der Waals surface area contributed by atoms with Crippen molar-refractivity contribution in [3.8, 4) is 11.5 Å². The fourth-order valence-electron chi connectivity index (χ4n) is 3.17. The van der Waals surface area contributed by atoms with Crippen LogP contribution in [0.5, 0.6) is 11.5 Å². The number of alkyl halides is 2. The molecular weight excluding hydrogens is 450 g/mol. The maximum Gasteiger partial charge on any atom is 0.291 e. The second kappa shape index (κ2) is 10.8. The fourth-order valence-corrected chi connectivity index (χ4v) is 3.17. The third-order valence-corrected chi connectivity index (χ3v) is 4.78. The average molecular weight is 474 g/mol. The van der Waals surface area contributed by atoms with Crippen molar-refractivity contribution in [3.05, 3.63) is 81.3 Å². The van der Waals surface area contributed by atoms with Crippen molar-refractivity contribution in [1.82, 2.24) is 0 Å². The Kier molecular flexibility index (Phi) is 7.83. The van der Waals surface area contributed by atoms with E-state index in [-0.39, 0.29) is 29.7 Å². The quantitative estimate of drug-likeness (QED) is 0.281. The summed E-state index contributed by atoms with van der Waals surface area (Å²) in [7, 11) is 0. The summed E-state index contributed by atoms with van der Waals surface area (Å²) >= 11 is 0. The van der Waals surface area contributed by atoms with Crippen LogP contribution >= 0.6 is 0 Å². The first kappa shape index (κ1) is 24.7. The number of nitrogens with zero attached hydrogens (tertiary/aromatic N) is 1. The number of nitrogens with one attached hydrogen (secondary N) is 1. The summed E-state index contributed by atoms with van der Waals surface area (Å²) in [6.07, 6.45) is -2.75. The zero-order valence-corrected chi connectivity index (χ0v) is 18.8. The summed E-state index contributed by atoms with van der Waals surface area (Å²) in [5, 5.41) is 13.6. The van der Waals surface area contributed by atoms with Gasteiger partial charge in [-0.25, -0.2) is 8.78 Å². The van der Waals surface area contributed by atoms with Crippen LogP contribution in [-0.2, 0) is 6.61 Å². The first-order chi connectivity index (χ1) is 16.1. The number of halogens is 2. The number of benzene rings is 2. The van der Waals surface area contributed by atoms with E-state index in [1.165, 1.54) is 12.1 Å². The Bertz CT molecular complexity index is 1180. The molecule has 2 aromatic carbocycles. The van der Waals surface area contributed by atoms with Gasteiger partial charge < -0.3 is 19.2 Å². The summed E-state index contributed by atoms with van der Waals surface area (Å²) in [5.41, 5.74) is 1.67. The summed E-state index contributed by atoms with van der Waals surface area (Å²) < 4.78 is 41.1. The molecule has 1 amide bonds. The second-order valence-electron chi connectivity index (χ2n) is 7.88. The monoisotopic (exact) mass is 474 g/mol. The van der Waals surface area contributed by atoms with Gasteiger partial charge in [0.05, 0.1) is 16.7 Å². The van der Waals surface area contributed by atoms with Gasteiger partial charge in [-0.05, 0) is 42.2 Å². The molecule has 8 nitrogen and oxygen atoms in total. The molecule has 0 saturated heterocycles. The molecule has 10 heteroatoms.